The molecule has 25 heavy (non-hydrogen) atoms. The first-order valence-corrected chi connectivity index (χ1v) is 8.26. The van der Waals surface area contributed by atoms with Gasteiger partial charge in [0.05, 0.1) is 29.1 Å². The van der Waals surface area contributed by atoms with Crippen molar-refractivity contribution < 1.29 is 14.3 Å². The number of hydrogen-bond donors (Lipinski definition) is 1. The molecule has 0 spiro atoms. The quantitative estimate of drug-likeness (QED) is 0.792. The molecule has 1 aromatic heterocycles. The fourth-order valence-electron chi connectivity index (χ4n) is 2.65. The van der Waals surface area contributed by atoms with Gasteiger partial charge in [0, 0.05) is 24.2 Å². The molecule has 1 aromatic carbocycles. The Balaban J connectivity index is 0.00000225. The van der Waals surface area contributed by atoms with E-state index in [-0.39, 0.29) is 28.6 Å². The summed E-state index contributed by atoms with van der Waals surface area (Å²) >= 11 is 12.0. The van der Waals surface area contributed by atoms with Crippen molar-refractivity contribution in [3.8, 4) is 0 Å². The Morgan fingerprint density at radius 3 is 2.64 bits per heavy atom. The summed E-state index contributed by atoms with van der Waals surface area (Å²) in [7, 11) is 0. The minimum atomic E-state index is -0.607. The maximum atomic E-state index is 12.3. The molecular weight excluding hydrogens is 391 g/mol. The minimum absolute atomic E-state index is 0. The number of hydrogen-bond acceptors (Lipinski definition) is 5. The average Bonchev–Trinajstić information content (AvgIpc) is 2.54. The second-order valence-electron chi connectivity index (χ2n) is 5.51. The van der Waals surface area contributed by atoms with Crippen molar-refractivity contribution in [3.05, 3.63) is 44.2 Å². The molecule has 1 saturated heterocycles. The first-order chi connectivity index (χ1) is 11.5. The number of nitrogens with one attached hydrogen (secondary N) is 1. The van der Waals surface area contributed by atoms with Crippen LogP contribution in [0.1, 0.15) is 17.4 Å². The summed E-state index contributed by atoms with van der Waals surface area (Å²) in [6.07, 6.45) is -0.413. The third kappa shape index (κ3) is 4.46. The van der Waals surface area contributed by atoms with Crippen molar-refractivity contribution in [3.63, 3.8) is 0 Å². The van der Waals surface area contributed by atoms with Crippen LogP contribution in [0, 0.1) is 0 Å². The Morgan fingerprint density at radius 2 is 1.96 bits per heavy atom. The lowest BCUT2D eigenvalue weighted by molar-refractivity contribution is -0.0639. The van der Waals surface area contributed by atoms with Crippen LogP contribution < -0.4 is 5.43 Å². The van der Waals surface area contributed by atoms with Gasteiger partial charge in [-0.3, -0.25) is 9.69 Å². The highest BCUT2D eigenvalue weighted by Gasteiger charge is 2.22. The smallest absolute Gasteiger partial charge is 0.356 e. The van der Waals surface area contributed by atoms with Gasteiger partial charge in [0.25, 0.3) is 0 Å². The lowest BCUT2D eigenvalue weighted by Gasteiger charge is -2.31. The zero-order valence-electron chi connectivity index (χ0n) is 13.4. The number of nitrogens with zero attached hydrogens (tertiary/aromatic N) is 1. The van der Waals surface area contributed by atoms with Gasteiger partial charge in [-0.1, -0.05) is 23.2 Å². The van der Waals surface area contributed by atoms with Gasteiger partial charge in [-0.25, -0.2) is 4.79 Å². The van der Waals surface area contributed by atoms with Gasteiger partial charge in [0.2, 0.25) is 0 Å². The number of carbonyl (C=O) groups is 1. The Bertz CT molecular complexity index is 834. The Morgan fingerprint density at radius 1 is 1.28 bits per heavy atom. The second kappa shape index (κ2) is 8.38. The lowest BCUT2D eigenvalue weighted by Crippen LogP contribution is -2.44. The van der Waals surface area contributed by atoms with E-state index >= 15 is 0 Å². The van der Waals surface area contributed by atoms with E-state index in [1.54, 1.807) is 13.0 Å². The number of aromatic nitrogens is 1. The van der Waals surface area contributed by atoms with E-state index in [0.717, 1.165) is 0 Å². The molecule has 1 atom stereocenters. The zero-order valence-corrected chi connectivity index (χ0v) is 15.7. The second-order valence-corrected chi connectivity index (χ2v) is 6.35. The fraction of sp³-hybridized carbons (Fsp3) is 0.375. The van der Waals surface area contributed by atoms with Crippen LogP contribution in [0.3, 0.4) is 0 Å². The van der Waals surface area contributed by atoms with Crippen LogP contribution in [0.15, 0.2) is 23.0 Å². The molecule has 1 fully saturated rings. The molecule has 0 radical (unpaired) electrons. The number of pyridine rings is 1. The summed E-state index contributed by atoms with van der Waals surface area (Å²) < 4.78 is 10.7. The molecule has 1 aliphatic heterocycles. The number of morpholine rings is 1. The summed E-state index contributed by atoms with van der Waals surface area (Å²) in [5.41, 5.74) is 0.0910. The van der Waals surface area contributed by atoms with Crippen LogP contribution in [0.5, 0.6) is 0 Å². The maximum absolute atomic E-state index is 12.3. The molecule has 0 amide bonds. The summed E-state index contributed by atoms with van der Waals surface area (Å²) in [4.78, 5) is 29.5. The molecule has 6 nitrogen and oxygen atoms in total. The third-order valence-corrected chi connectivity index (χ3v) is 4.42. The van der Waals surface area contributed by atoms with Crippen LogP contribution >= 0.6 is 35.6 Å². The van der Waals surface area contributed by atoms with Crippen molar-refractivity contribution in [1.82, 2.24) is 9.88 Å². The normalized spacial score (nSPS) is 16.3. The number of ether oxygens (including phenoxy) is 2. The Labute approximate surface area is 160 Å². The lowest BCUT2D eigenvalue weighted by atomic mass is 10.2. The predicted molar refractivity (Wildman–Crippen MR) is 99.1 cm³/mol. The van der Waals surface area contributed by atoms with E-state index in [1.807, 2.05) is 4.90 Å². The summed E-state index contributed by atoms with van der Waals surface area (Å²) in [5.74, 6) is -0.607. The van der Waals surface area contributed by atoms with Crippen molar-refractivity contribution in [1.29, 1.82) is 0 Å². The van der Waals surface area contributed by atoms with E-state index in [2.05, 4.69) is 4.98 Å². The van der Waals surface area contributed by atoms with Crippen molar-refractivity contribution >= 4 is 52.5 Å². The monoisotopic (exact) mass is 406 g/mol. The predicted octanol–water partition coefficient (Wildman–Crippen LogP) is 3.09. The van der Waals surface area contributed by atoms with Gasteiger partial charge in [-0.15, -0.1) is 12.4 Å². The minimum Gasteiger partial charge on any atom is -0.442 e. The van der Waals surface area contributed by atoms with Crippen LogP contribution in [0.2, 0.25) is 10.0 Å². The molecule has 2 aromatic rings. The van der Waals surface area contributed by atoms with Gasteiger partial charge < -0.3 is 14.5 Å². The molecule has 2 heterocycles. The van der Waals surface area contributed by atoms with Gasteiger partial charge in [0.1, 0.15) is 5.69 Å². The van der Waals surface area contributed by atoms with E-state index in [1.165, 1.54) is 12.1 Å². The maximum Gasteiger partial charge on any atom is 0.356 e. The van der Waals surface area contributed by atoms with Gasteiger partial charge in [0.15, 0.2) is 11.7 Å². The largest absolute Gasteiger partial charge is 0.442 e. The van der Waals surface area contributed by atoms with E-state index < -0.39 is 12.2 Å². The number of rotatable bonds is 3. The SMILES string of the molecule is CC(OC(=O)c1cc(=O)c2c(Cl)cc(Cl)cc2[nH]1)N1CCOCC1.Cl. The van der Waals surface area contributed by atoms with Crippen LogP contribution in [0.25, 0.3) is 10.9 Å². The van der Waals surface area contributed by atoms with Crippen LogP contribution in [-0.4, -0.2) is 48.4 Å². The molecule has 0 saturated carbocycles. The molecule has 1 aliphatic rings. The third-order valence-electron chi connectivity index (χ3n) is 3.90. The molecule has 0 aliphatic carbocycles. The molecule has 1 unspecified atom stereocenters. The molecule has 136 valence electrons. The summed E-state index contributed by atoms with van der Waals surface area (Å²) in [6.45, 7) is 4.37. The molecule has 9 heteroatoms. The zero-order chi connectivity index (χ0) is 17.3. The first-order valence-electron chi connectivity index (χ1n) is 7.50. The number of halogens is 3. The van der Waals surface area contributed by atoms with Gasteiger partial charge >= 0.3 is 5.97 Å². The molecule has 0 bridgehead atoms. The van der Waals surface area contributed by atoms with E-state index in [0.29, 0.717) is 42.2 Å². The number of benzene rings is 1. The van der Waals surface area contributed by atoms with Crippen molar-refractivity contribution in [2.24, 2.45) is 0 Å². The van der Waals surface area contributed by atoms with Crippen molar-refractivity contribution in [2.75, 3.05) is 26.3 Å². The highest BCUT2D eigenvalue weighted by Crippen LogP contribution is 2.24. The van der Waals surface area contributed by atoms with Crippen LogP contribution in [-0.2, 0) is 9.47 Å². The van der Waals surface area contributed by atoms with Crippen molar-refractivity contribution in [2.45, 2.75) is 13.2 Å². The van der Waals surface area contributed by atoms with E-state index in [4.69, 9.17) is 32.7 Å². The number of esters is 1. The average molecular weight is 408 g/mol. The van der Waals surface area contributed by atoms with Crippen LogP contribution in [0.4, 0.5) is 0 Å². The fourth-order valence-corrected chi connectivity index (χ4v) is 3.24. The highest BCUT2D eigenvalue weighted by atomic mass is 35.5. The van der Waals surface area contributed by atoms with Gasteiger partial charge in [-0.2, -0.15) is 0 Å². The number of carbonyl (C=O) groups excluding carboxylic acids is 1. The topological polar surface area (TPSA) is 71.6 Å². The van der Waals surface area contributed by atoms with Gasteiger partial charge in [-0.05, 0) is 19.1 Å². The molecular formula is C16H17Cl3N2O4. The Kier molecular flexibility index (Phi) is 6.71. The van der Waals surface area contributed by atoms with E-state index in [9.17, 15) is 9.59 Å². The standard InChI is InChI=1S/C16H16Cl2N2O4.ClH/c1-9(20-2-4-23-5-3-20)24-16(22)13-8-14(21)15-11(18)6-10(17)7-12(15)19-13;/h6-9H,2-5H2,1H3,(H,19,21);1H. The number of H-pyrrole nitrogens is 1. The first kappa shape index (κ1) is 20.0. The Hall–Kier alpha value is -1.31. The summed E-state index contributed by atoms with van der Waals surface area (Å²) in [6, 6.07) is 4.22. The number of fused-ring (bicyclic) bond motifs is 1. The molecule has 1 N–H and O–H groups in total. The summed E-state index contributed by atoms with van der Waals surface area (Å²) in [5, 5.41) is 0.898. The molecule has 3 rings (SSSR count). The number of aromatic amines is 1. The highest BCUT2D eigenvalue weighted by molar-refractivity contribution is 6.38.